The Morgan fingerprint density at radius 3 is 1.70 bits per heavy atom. The second-order valence-corrected chi connectivity index (χ2v) is 9.22. The fourth-order valence-electron chi connectivity index (χ4n) is 3.56. The predicted molar refractivity (Wildman–Crippen MR) is 153 cm³/mol. The molecule has 2 aromatic rings. The van der Waals surface area contributed by atoms with Crippen molar-refractivity contribution in [2.24, 2.45) is 0 Å². The summed E-state index contributed by atoms with van der Waals surface area (Å²) in [5, 5.41) is 3.08. The van der Waals surface area contributed by atoms with Crippen molar-refractivity contribution < 1.29 is 37.4 Å². The summed E-state index contributed by atoms with van der Waals surface area (Å²) in [5.74, 6) is -2.15. The summed E-state index contributed by atoms with van der Waals surface area (Å²) in [6, 6.07) is 6.80. The SMILES string of the molecule is C=CC(=O)OCCn1c(=O)n(CCOC(=O)C=C)c(=O)n(CCOC(=O)CCNCCc2ccc(NS(=O)[O-])cc2)c1=O. The minimum Gasteiger partial charge on any atom is -0.755 e. The molecule has 0 spiro atoms. The molecule has 1 atom stereocenters. The third-order valence-electron chi connectivity index (χ3n) is 5.67. The molecule has 0 radical (unpaired) electrons. The summed E-state index contributed by atoms with van der Waals surface area (Å²) < 4.78 is 40.4. The summed E-state index contributed by atoms with van der Waals surface area (Å²) in [6.07, 6.45) is 2.43. The Bertz CT molecular complexity index is 1430. The molecule has 0 aliphatic carbocycles. The molecule has 16 nitrogen and oxygen atoms in total. The van der Waals surface area contributed by atoms with Crippen molar-refractivity contribution in [2.45, 2.75) is 32.5 Å². The van der Waals surface area contributed by atoms with Crippen LogP contribution in [0.5, 0.6) is 0 Å². The molecule has 17 heteroatoms. The third kappa shape index (κ3) is 11.7. The van der Waals surface area contributed by atoms with Crippen molar-refractivity contribution in [3.63, 3.8) is 0 Å². The summed E-state index contributed by atoms with van der Waals surface area (Å²) in [7, 11) is 0. The van der Waals surface area contributed by atoms with Crippen LogP contribution in [-0.4, -0.2) is 73.3 Å². The first-order valence-electron chi connectivity index (χ1n) is 12.9. The fourth-order valence-corrected chi connectivity index (χ4v) is 3.88. The maximum absolute atomic E-state index is 12.9. The number of hydrogen-bond donors (Lipinski definition) is 2. The standard InChI is InChI=1S/C26H33N5O11S/c1-3-21(32)40-16-13-29-24(35)30(14-17-41-22(33)4-2)26(37)31(25(29)36)15-18-42-23(34)10-12-27-11-9-19-5-7-20(8-6-19)28-43(38)39/h3-8,27-28H,1-2,9-18H2,(H,38,39)/p-1. The highest BCUT2D eigenvalue weighted by Gasteiger charge is 2.17. The molecular weight excluding hydrogens is 590 g/mol. The molecule has 0 aliphatic rings. The van der Waals surface area contributed by atoms with Gasteiger partial charge in [-0.1, -0.05) is 25.3 Å². The normalized spacial score (nSPS) is 11.3. The molecule has 1 heterocycles. The van der Waals surface area contributed by atoms with Gasteiger partial charge in [-0.25, -0.2) is 37.7 Å². The van der Waals surface area contributed by atoms with Crippen molar-refractivity contribution in [3.05, 3.63) is 86.6 Å². The van der Waals surface area contributed by atoms with Gasteiger partial charge >= 0.3 is 35.0 Å². The maximum atomic E-state index is 12.9. The number of carbonyl (C=O) groups excluding carboxylic acids is 3. The number of hydrogen-bond acceptors (Lipinski definition) is 12. The molecule has 0 aliphatic heterocycles. The van der Waals surface area contributed by atoms with Crippen molar-refractivity contribution in [1.82, 2.24) is 19.0 Å². The Morgan fingerprint density at radius 1 is 0.791 bits per heavy atom. The quantitative estimate of drug-likeness (QED) is 0.0610. The van der Waals surface area contributed by atoms with Crippen LogP contribution in [0.3, 0.4) is 0 Å². The maximum Gasteiger partial charge on any atom is 0.336 e. The van der Waals surface area contributed by atoms with Gasteiger partial charge in [0.05, 0.1) is 26.1 Å². The molecule has 0 saturated carbocycles. The number of rotatable bonds is 19. The van der Waals surface area contributed by atoms with Crippen LogP contribution in [-0.2, 0) is 65.9 Å². The minimum atomic E-state index is -2.40. The number of anilines is 1. The Morgan fingerprint density at radius 2 is 1.26 bits per heavy atom. The zero-order valence-electron chi connectivity index (χ0n) is 23.2. The zero-order chi connectivity index (χ0) is 31.8. The number of benzene rings is 1. The average Bonchev–Trinajstić information content (AvgIpc) is 2.98. The van der Waals surface area contributed by atoms with Crippen LogP contribution < -0.4 is 27.1 Å². The van der Waals surface area contributed by atoms with E-state index in [1.807, 2.05) is 0 Å². The zero-order valence-corrected chi connectivity index (χ0v) is 24.0. The Balaban J connectivity index is 1.94. The van der Waals surface area contributed by atoms with Crippen molar-refractivity contribution in [1.29, 1.82) is 0 Å². The summed E-state index contributed by atoms with van der Waals surface area (Å²) in [5.41, 5.74) is -1.63. The Hall–Kier alpha value is -4.61. The van der Waals surface area contributed by atoms with Crippen molar-refractivity contribution in [2.75, 3.05) is 37.6 Å². The van der Waals surface area contributed by atoms with E-state index in [1.165, 1.54) is 0 Å². The molecule has 0 amide bonds. The van der Waals surface area contributed by atoms with Gasteiger partial charge in [0.1, 0.15) is 19.8 Å². The topological polar surface area (TPSA) is 209 Å². The van der Waals surface area contributed by atoms with Gasteiger partial charge in [0, 0.05) is 35.7 Å². The van der Waals surface area contributed by atoms with Crippen LogP contribution in [0.25, 0.3) is 0 Å². The highest BCUT2D eigenvalue weighted by Crippen LogP contribution is 2.10. The van der Waals surface area contributed by atoms with Crippen LogP contribution in [0, 0.1) is 0 Å². The summed E-state index contributed by atoms with van der Waals surface area (Å²) in [4.78, 5) is 73.4. The molecule has 2 rings (SSSR count). The summed E-state index contributed by atoms with van der Waals surface area (Å²) in [6.45, 7) is 5.12. The number of aromatic nitrogens is 3. The van der Waals surface area contributed by atoms with E-state index in [1.54, 1.807) is 24.3 Å². The molecule has 234 valence electrons. The van der Waals surface area contributed by atoms with Crippen LogP contribution in [0.4, 0.5) is 5.69 Å². The second kappa shape index (κ2) is 18.0. The van der Waals surface area contributed by atoms with Gasteiger partial charge in [-0.3, -0.25) is 9.00 Å². The average molecular weight is 623 g/mol. The van der Waals surface area contributed by atoms with E-state index < -0.39 is 46.2 Å². The molecule has 43 heavy (non-hydrogen) atoms. The molecule has 1 unspecified atom stereocenters. The Labute approximate surface area is 248 Å². The molecule has 0 bridgehead atoms. The van der Waals surface area contributed by atoms with Gasteiger partial charge in [-0.05, 0) is 30.7 Å². The first kappa shape index (κ1) is 34.6. The number of nitrogens with one attached hydrogen (secondary N) is 2. The van der Waals surface area contributed by atoms with Gasteiger partial charge in [0.2, 0.25) is 0 Å². The van der Waals surface area contributed by atoms with Crippen molar-refractivity contribution in [3.8, 4) is 0 Å². The first-order valence-corrected chi connectivity index (χ1v) is 14.0. The van der Waals surface area contributed by atoms with Crippen LogP contribution >= 0.6 is 0 Å². The van der Waals surface area contributed by atoms with Gasteiger partial charge in [0.15, 0.2) is 0 Å². The molecule has 1 aromatic carbocycles. The lowest BCUT2D eigenvalue weighted by molar-refractivity contribution is -0.144. The number of ether oxygens (including phenoxy) is 3. The number of carbonyl (C=O) groups is 3. The molecular formula is C26H32N5O11S-. The van der Waals surface area contributed by atoms with E-state index in [2.05, 4.69) is 23.2 Å². The largest absolute Gasteiger partial charge is 0.755 e. The highest BCUT2D eigenvalue weighted by molar-refractivity contribution is 7.80. The number of nitrogens with zero attached hydrogens (tertiary/aromatic N) is 3. The minimum absolute atomic E-state index is 0.000141. The van der Waals surface area contributed by atoms with Gasteiger partial charge < -0.3 is 28.8 Å². The van der Waals surface area contributed by atoms with Gasteiger partial charge in [-0.15, -0.1) is 0 Å². The Kier molecular flexibility index (Phi) is 14.5. The van der Waals surface area contributed by atoms with Crippen molar-refractivity contribution >= 4 is 34.9 Å². The van der Waals surface area contributed by atoms with E-state index in [4.69, 9.17) is 14.2 Å². The second-order valence-electron chi connectivity index (χ2n) is 8.55. The third-order valence-corrected chi connectivity index (χ3v) is 6.07. The van der Waals surface area contributed by atoms with Crippen LogP contribution in [0.15, 0.2) is 64.0 Å². The molecule has 0 fully saturated rings. The number of esters is 3. The van der Waals surface area contributed by atoms with Crippen LogP contribution in [0.2, 0.25) is 0 Å². The lowest BCUT2D eigenvalue weighted by Gasteiger charge is -2.14. The van der Waals surface area contributed by atoms with Crippen LogP contribution in [0.1, 0.15) is 12.0 Å². The van der Waals surface area contributed by atoms with E-state index in [-0.39, 0.29) is 52.4 Å². The lowest BCUT2D eigenvalue weighted by atomic mass is 10.1. The van der Waals surface area contributed by atoms with Gasteiger partial charge in [-0.2, -0.15) is 0 Å². The van der Waals surface area contributed by atoms with E-state index in [9.17, 15) is 37.5 Å². The first-order chi connectivity index (χ1) is 20.6. The van der Waals surface area contributed by atoms with E-state index in [0.29, 0.717) is 32.4 Å². The highest BCUT2D eigenvalue weighted by atomic mass is 32.2. The predicted octanol–water partition coefficient (Wildman–Crippen LogP) is -1.40. The van der Waals surface area contributed by atoms with E-state index in [0.717, 1.165) is 17.7 Å². The fraction of sp³-hybridized carbons (Fsp3) is 0.385. The molecule has 2 N–H and O–H groups in total. The van der Waals surface area contributed by atoms with Gasteiger partial charge in [0.25, 0.3) is 0 Å². The monoisotopic (exact) mass is 622 g/mol. The molecule has 0 saturated heterocycles. The smallest absolute Gasteiger partial charge is 0.336 e. The molecule has 1 aromatic heterocycles. The summed E-state index contributed by atoms with van der Waals surface area (Å²) >= 11 is -2.40. The lowest BCUT2D eigenvalue weighted by Crippen LogP contribution is -2.55. The van der Waals surface area contributed by atoms with E-state index >= 15 is 0 Å².